The van der Waals surface area contributed by atoms with Crippen molar-refractivity contribution >= 4 is 11.9 Å². The van der Waals surface area contributed by atoms with Gasteiger partial charge in [0, 0.05) is 37.8 Å². The molecule has 5 heteroatoms. The highest BCUT2D eigenvalue weighted by Crippen LogP contribution is 2.24. The van der Waals surface area contributed by atoms with Crippen LogP contribution in [0.2, 0.25) is 0 Å². The Bertz CT molecular complexity index is 730. The summed E-state index contributed by atoms with van der Waals surface area (Å²) in [6.07, 6.45) is 43.1. The number of hydrogen-bond donors (Lipinski definition) is 0. The first-order valence-electron chi connectivity index (χ1n) is 20.9. The van der Waals surface area contributed by atoms with Gasteiger partial charge in [0.25, 0.3) is 0 Å². The maximum Gasteiger partial charge on any atom is 0.305 e. The van der Waals surface area contributed by atoms with Crippen LogP contribution in [-0.2, 0) is 19.1 Å². The van der Waals surface area contributed by atoms with Gasteiger partial charge in [-0.25, -0.2) is 0 Å². The van der Waals surface area contributed by atoms with Gasteiger partial charge < -0.3 is 14.4 Å². The molecule has 0 radical (unpaired) electrons. The normalized spacial score (nSPS) is 16.8. The highest BCUT2D eigenvalue weighted by Gasteiger charge is 2.32. The zero-order valence-electron chi connectivity index (χ0n) is 32.2. The number of hydrogen-bond acceptors (Lipinski definition) is 5. The van der Waals surface area contributed by atoms with Crippen LogP contribution >= 0.6 is 0 Å². The fourth-order valence-corrected chi connectivity index (χ4v) is 6.78. The molecule has 1 saturated heterocycles. The molecule has 2 unspecified atom stereocenters. The molecule has 1 heterocycles. The van der Waals surface area contributed by atoms with Crippen LogP contribution in [0.25, 0.3) is 0 Å². The Morgan fingerprint density at radius 2 is 0.771 bits per heavy atom. The van der Waals surface area contributed by atoms with Crippen LogP contribution in [0.15, 0.2) is 24.3 Å². The second-order valence-corrected chi connectivity index (χ2v) is 14.8. The molecule has 1 aliphatic heterocycles. The van der Waals surface area contributed by atoms with E-state index in [0.29, 0.717) is 26.1 Å². The van der Waals surface area contributed by atoms with Gasteiger partial charge >= 0.3 is 11.9 Å². The lowest BCUT2D eigenvalue weighted by atomic mass is 9.98. The average molecular weight is 674 g/mol. The van der Waals surface area contributed by atoms with E-state index in [1.54, 1.807) is 0 Å². The van der Waals surface area contributed by atoms with E-state index in [9.17, 15) is 9.59 Å². The number of allylic oxidation sites excluding steroid dienone is 4. The van der Waals surface area contributed by atoms with Crippen molar-refractivity contribution in [1.82, 2.24) is 4.90 Å². The number of carbonyl (C=O) groups is 2. The van der Waals surface area contributed by atoms with Crippen molar-refractivity contribution < 1.29 is 19.1 Å². The summed E-state index contributed by atoms with van der Waals surface area (Å²) in [5, 5.41) is 0. The number of rotatable bonds is 34. The van der Waals surface area contributed by atoms with E-state index >= 15 is 0 Å². The van der Waals surface area contributed by atoms with E-state index in [0.717, 1.165) is 38.8 Å². The van der Waals surface area contributed by atoms with Gasteiger partial charge in [-0.15, -0.1) is 0 Å². The van der Waals surface area contributed by atoms with E-state index in [4.69, 9.17) is 9.47 Å². The maximum atomic E-state index is 12.4. The van der Waals surface area contributed by atoms with Crippen LogP contribution in [0.5, 0.6) is 0 Å². The molecule has 48 heavy (non-hydrogen) atoms. The zero-order chi connectivity index (χ0) is 34.8. The van der Waals surface area contributed by atoms with E-state index in [-0.39, 0.29) is 23.8 Å². The number of ether oxygens (including phenoxy) is 2. The van der Waals surface area contributed by atoms with Crippen LogP contribution in [0.1, 0.15) is 194 Å². The first-order chi connectivity index (χ1) is 23.6. The standard InChI is InChI=1S/C43H79NO4/c1-4-6-8-10-12-14-16-18-20-22-24-26-28-30-32-34-42(45)47-38-40-36-44(3)37-41(40)39-48-43(46)35-33-31-29-27-25-23-21-19-17-15-13-11-9-7-5-2/h18-21,40-41H,4-17,22-39H2,1-3H3/b20-18-,21-19-. The van der Waals surface area contributed by atoms with Crippen molar-refractivity contribution in [1.29, 1.82) is 0 Å². The van der Waals surface area contributed by atoms with E-state index in [1.165, 1.54) is 141 Å². The van der Waals surface area contributed by atoms with Gasteiger partial charge in [-0.05, 0) is 71.3 Å². The van der Waals surface area contributed by atoms with Gasteiger partial charge in [0.05, 0.1) is 13.2 Å². The fraction of sp³-hybridized carbons (Fsp3) is 0.860. The molecule has 0 bridgehead atoms. The third-order valence-corrected chi connectivity index (χ3v) is 9.96. The molecule has 1 aliphatic rings. The third-order valence-electron chi connectivity index (χ3n) is 9.96. The fourth-order valence-electron chi connectivity index (χ4n) is 6.78. The molecule has 0 aliphatic carbocycles. The smallest absolute Gasteiger partial charge is 0.305 e. The first kappa shape index (κ1) is 44.4. The Kier molecular flexibility index (Phi) is 31.3. The Balaban J connectivity index is 1.98. The highest BCUT2D eigenvalue weighted by atomic mass is 16.5. The predicted octanol–water partition coefficient (Wildman–Crippen LogP) is 12.3. The molecule has 2 atom stereocenters. The molecule has 1 rings (SSSR count). The second-order valence-electron chi connectivity index (χ2n) is 14.8. The van der Waals surface area contributed by atoms with Crippen molar-refractivity contribution in [2.75, 3.05) is 33.4 Å². The minimum absolute atomic E-state index is 0.0814. The molecule has 5 nitrogen and oxygen atoms in total. The summed E-state index contributed by atoms with van der Waals surface area (Å²) in [6.45, 7) is 7.18. The highest BCUT2D eigenvalue weighted by molar-refractivity contribution is 5.69. The van der Waals surface area contributed by atoms with Crippen LogP contribution in [0.4, 0.5) is 0 Å². The van der Waals surface area contributed by atoms with Gasteiger partial charge in [-0.1, -0.05) is 141 Å². The first-order valence-corrected chi connectivity index (χ1v) is 20.9. The lowest BCUT2D eigenvalue weighted by molar-refractivity contribution is -0.149. The molecular weight excluding hydrogens is 594 g/mol. The Morgan fingerprint density at radius 3 is 1.10 bits per heavy atom. The van der Waals surface area contributed by atoms with Crippen molar-refractivity contribution in [3.05, 3.63) is 24.3 Å². The number of likely N-dealkylation sites (tertiary alicyclic amines) is 1. The van der Waals surface area contributed by atoms with E-state index in [2.05, 4.69) is 50.1 Å². The minimum Gasteiger partial charge on any atom is -0.465 e. The monoisotopic (exact) mass is 674 g/mol. The van der Waals surface area contributed by atoms with Gasteiger partial charge in [-0.2, -0.15) is 0 Å². The molecule has 0 saturated carbocycles. The summed E-state index contributed by atoms with van der Waals surface area (Å²) in [6, 6.07) is 0. The van der Waals surface area contributed by atoms with E-state index < -0.39 is 0 Å². The van der Waals surface area contributed by atoms with Gasteiger partial charge in [-0.3, -0.25) is 9.59 Å². The van der Waals surface area contributed by atoms with Gasteiger partial charge in [0.1, 0.15) is 0 Å². The molecule has 1 fully saturated rings. The van der Waals surface area contributed by atoms with Crippen molar-refractivity contribution in [2.24, 2.45) is 11.8 Å². The zero-order valence-corrected chi connectivity index (χ0v) is 32.2. The lowest BCUT2D eigenvalue weighted by Gasteiger charge is -2.18. The van der Waals surface area contributed by atoms with Crippen LogP contribution in [0, 0.1) is 11.8 Å². The molecule has 0 amide bonds. The van der Waals surface area contributed by atoms with Crippen LogP contribution < -0.4 is 0 Å². The largest absolute Gasteiger partial charge is 0.465 e. The summed E-state index contributed by atoms with van der Waals surface area (Å²) < 4.78 is 11.3. The van der Waals surface area contributed by atoms with Crippen LogP contribution in [-0.4, -0.2) is 50.2 Å². The SMILES string of the molecule is CCCCCCCC/C=C\CCCCCCCC(=O)OCC1CN(C)CC1COC(=O)CCCCCCC/C=C\CCCCCCCC. The predicted molar refractivity (Wildman–Crippen MR) is 205 cm³/mol. The van der Waals surface area contributed by atoms with Crippen molar-refractivity contribution in [2.45, 2.75) is 194 Å². The quantitative estimate of drug-likeness (QED) is 0.0386. The molecule has 280 valence electrons. The molecule has 0 N–H and O–H groups in total. The third kappa shape index (κ3) is 28.2. The molecule has 0 aromatic heterocycles. The Labute approximate surface area is 298 Å². The molecular formula is C43H79NO4. The molecule has 0 aromatic carbocycles. The van der Waals surface area contributed by atoms with E-state index in [1.807, 2.05) is 0 Å². The van der Waals surface area contributed by atoms with Crippen molar-refractivity contribution in [3.63, 3.8) is 0 Å². The summed E-state index contributed by atoms with van der Waals surface area (Å²) >= 11 is 0. The number of carbonyl (C=O) groups excluding carboxylic acids is 2. The Hall–Kier alpha value is -1.62. The second kappa shape index (κ2) is 33.9. The number of nitrogens with zero attached hydrogens (tertiary/aromatic N) is 1. The molecule has 0 spiro atoms. The lowest BCUT2D eigenvalue weighted by Crippen LogP contribution is -2.25. The van der Waals surface area contributed by atoms with Crippen molar-refractivity contribution in [3.8, 4) is 0 Å². The van der Waals surface area contributed by atoms with Gasteiger partial charge in [0.15, 0.2) is 0 Å². The Morgan fingerprint density at radius 1 is 0.479 bits per heavy atom. The summed E-state index contributed by atoms with van der Waals surface area (Å²) in [5.74, 6) is 0.311. The molecule has 0 aromatic rings. The van der Waals surface area contributed by atoms with Gasteiger partial charge in [0.2, 0.25) is 0 Å². The van der Waals surface area contributed by atoms with Crippen LogP contribution in [0.3, 0.4) is 0 Å². The summed E-state index contributed by atoms with van der Waals surface area (Å²) in [4.78, 5) is 27.0. The minimum atomic E-state index is -0.0814. The topological polar surface area (TPSA) is 55.8 Å². The number of esters is 2. The maximum absolute atomic E-state index is 12.4. The summed E-state index contributed by atoms with van der Waals surface area (Å²) in [7, 11) is 2.09. The number of unbranched alkanes of at least 4 members (excludes halogenated alkanes) is 22. The average Bonchev–Trinajstić information content (AvgIpc) is 3.45. The summed E-state index contributed by atoms with van der Waals surface area (Å²) in [5.41, 5.74) is 0.